The minimum absolute atomic E-state index is 0.181. The SMILES string of the molecule is C=C(C)C(=O)OCCCCOC(=O)CCCCCCC(=O)O. The molecule has 0 saturated heterocycles. The summed E-state index contributed by atoms with van der Waals surface area (Å²) in [6.45, 7) is 5.69. The Morgan fingerprint density at radius 1 is 0.864 bits per heavy atom. The number of carbonyl (C=O) groups is 3. The van der Waals surface area contributed by atoms with Crippen LogP contribution in [0.15, 0.2) is 12.2 Å². The third kappa shape index (κ3) is 13.1. The lowest BCUT2D eigenvalue weighted by Gasteiger charge is -2.06. The van der Waals surface area contributed by atoms with Crippen molar-refractivity contribution in [2.45, 2.75) is 58.3 Å². The van der Waals surface area contributed by atoms with Gasteiger partial charge in [0.05, 0.1) is 13.2 Å². The van der Waals surface area contributed by atoms with E-state index in [1.807, 2.05) is 0 Å². The summed E-state index contributed by atoms with van der Waals surface area (Å²) in [5.41, 5.74) is 0.370. The van der Waals surface area contributed by atoms with Gasteiger partial charge in [0.15, 0.2) is 0 Å². The highest BCUT2D eigenvalue weighted by Crippen LogP contribution is 2.06. The molecule has 126 valence electrons. The number of ether oxygens (including phenoxy) is 2. The van der Waals surface area contributed by atoms with E-state index in [0.717, 1.165) is 12.8 Å². The molecule has 0 aromatic heterocycles. The summed E-state index contributed by atoms with van der Waals surface area (Å²) in [7, 11) is 0. The number of carboxylic acid groups (broad SMARTS) is 1. The number of hydrogen-bond donors (Lipinski definition) is 1. The van der Waals surface area contributed by atoms with Crippen LogP contribution in [0.4, 0.5) is 0 Å². The summed E-state index contributed by atoms with van der Waals surface area (Å²) in [4.78, 5) is 32.8. The molecule has 0 bridgehead atoms. The van der Waals surface area contributed by atoms with E-state index in [-0.39, 0.29) is 12.4 Å². The van der Waals surface area contributed by atoms with Gasteiger partial charge >= 0.3 is 17.9 Å². The van der Waals surface area contributed by atoms with Crippen molar-refractivity contribution in [3.8, 4) is 0 Å². The second kappa shape index (κ2) is 12.9. The molecule has 0 aliphatic carbocycles. The molecular formula is C16H26O6. The molecule has 6 heteroatoms. The Morgan fingerprint density at radius 2 is 1.41 bits per heavy atom. The van der Waals surface area contributed by atoms with Crippen LogP contribution in [0, 0.1) is 0 Å². The van der Waals surface area contributed by atoms with Crippen molar-refractivity contribution < 1.29 is 29.0 Å². The molecule has 0 rings (SSSR count). The number of rotatable bonds is 13. The Morgan fingerprint density at radius 3 is 1.95 bits per heavy atom. The van der Waals surface area contributed by atoms with Gasteiger partial charge in [-0.25, -0.2) is 4.79 Å². The van der Waals surface area contributed by atoms with Crippen LogP contribution < -0.4 is 0 Å². The third-order valence-electron chi connectivity index (χ3n) is 2.90. The Labute approximate surface area is 131 Å². The molecule has 0 radical (unpaired) electrons. The van der Waals surface area contributed by atoms with Crippen LogP contribution in [0.2, 0.25) is 0 Å². The lowest BCUT2D eigenvalue weighted by Crippen LogP contribution is -2.09. The highest BCUT2D eigenvalue weighted by molar-refractivity contribution is 5.86. The van der Waals surface area contributed by atoms with Crippen molar-refractivity contribution in [3.63, 3.8) is 0 Å². The molecule has 1 N–H and O–H groups in total. The fourth-order valence-electron chi connectivity index (χ4n) is 1.65. The van der Waals surface area contributed by atoms with Crippen LogP contribution in [-0.4, -0.2) is 36.2 Å². The van der Waals surface area contributed by atoms with Gasteiger partial charge < -0.3 is 14.6 Å². The van der Waals surface area contributed by atoms with Gasteiger partial charge in [0, 0.05) is 18.4 Å². The lowest BCUT2D eigenvalue weighted by molar-refractivity contribution is -0.145. The van der Waals surface area contributed by atoms with Gasteiger partial charge in [0.1, 0.15) is 0 Å². The first kappa shape index (κ1) is 20.1. The number of carbonyl (C=O) groups excluding carboxylic acids is 2. The number of carboxylic acids is 1. The number of aliphatic carboxylic acids is 1. The molecule has 0 aliphatic heterocycles. The Kier molecular flexibility index (Phi) is 11.8. The monoisotopic (exact) mass is 314 g/mol. The van der Waals surface area contributed by atoms with Crippen molar-refractivity contribution in [2.75, 3.05) is 13.2 Å². The predicted molar refractivity (Wildman–Crippen MR) is 81.3 cm³/mol. The average Bonchev–Trinajstić information content (AvgIpc) is 2.45. The summed E-state index contributed by atoms with van der Waals surface area (Å²) >= 11 is 0. The first-order valence-electron chi connectivity index (χ1n) is 7.63. The third-order valence-corrected chi connectivity index (χ3v) is 2.90. The largest absolute Gasteiger partial charge is 0.481 e. The van der Waals surface area contributed by atoms with Gasteiger partial charge in [0.2, 0.25) is 0 Å². The van der Waals surface area contributed by atoms with E-state index in [1.165, 1.54) is 0 Å². The molecule has 0 aliphatic rings. The van der Waals surface area contributed by atoms with Gasteiger partial charge in [-0.2, -0.15) is 0 Å². The van der Waals surface area contributed by atoms with E-state index in [0.29, 0.717) is 50.9 Å². The smallest absolute Gasteiger partial charge is 0.333 e. The minimum Gasteiger partial charge on any atom is -0.481 e. The van der Waals surface area contributed by atoms with Crippen LogP contribution in [0.5, 0.6) is 0 Å². The molecule has 0 fully saturated rings. The molecule has 0 amide bonds. The highest BCUT2D eigenvalue weighted by Gasteiger charge is 2.04. The zero-order valence-electron chi connectivity index (χ0n) is 13.3. The number of unbranched alkanes of at least 4 members (excludes halogenated alkanes) is 4. The van der Waals surface area contributed by atoms with E-state index >= 15 is 0 Å². The Hall–Kier alpha value is -1.85. The van der Waals surface area contributed by atoms with Gasteiger partial charge in [0.25, 0.3) is 0 Å². The lowest BCUT2D eigenvalue weighted by atomic mass is 10.1. The molecular weight excluding hydrogens is 288 g/mol. The summed E-state index contributed by atoms with van der Waals surface area (Å²) in [5, 5.41) is 8.47. The topological polar surface area (TPSA) is 89.9 Å². The van der Waals surface area contributed by atoms with Gasteiger partial charge in [-0.1, -0.05) is 19.4 Å². The molecule has 0 unspecified atom stereocenters. The van der Waals surface area contributed by atoms with Crippen molar-refractivity contribution >= 4 is 17.9 Å². The Bertz CT molecular complexity index is 375. The van der Waals surface area contributed by atoms with E-state index < -0.39 is 11.9 Å². The minimum atomic E-state index is -0.784. The van der Waals surface area contributed by atoms with Crippen LogP contribution in [0.25, 0.3) is 0 Å². The highest BCUT2D eigenvalue weighted by atomic mass is 16.5. The molecule has 0 atom stereocenters. The fourth-order valence-corrected chi connectivity index (χ4v) is 1.65. The fraction of sp³-hybridized carbons (Fsp3) is 0.688. The van der Waals surface area contributed by atoms with E-state index in [4.69, 9.17) is 14.6 Å². The van der Waals surface area contributed by atoms with Crippen molar-refractivity contribution in [1.29, 1.82) is 0 Å². The first-order valence-corrected chi connectivity index (χ1v) is 7.63. The summed E-state index contributed by atoms with van der Waals surface area (Å²) < 4.78 is 9.96. The molecule has 0 aromatic rings. The molecule has 0 saturated carbocycles. The van der Waals surface area contributed by atoms with Crippen LogP contribution >= 0.6 is 0 Å². The number of hydrogen-bond acceptors (Lipinski definition) is 5. The number of esters is 2. The second-order valence-electron chi connectivity index (χ2n) is 5.15. The molecule has 22 heavy (non-hydrogen) atoms. The van der Waals surface area contributed by atoms with Gasteiger partial charge in [-0.05, 0) is 32.6 Å². The summed E-state index contributed by atoms with van der Waals surface area (Å²) in [6, 6.07) is 0. The zero-order valence-corrected chi connectivity index (χ0v) is 13.3. The Balaban J connectivity index is 3.34. The van der Waals surface area contributed by atoms with Gasteiger partial charge in [-0.3, -0.25) is 9.59 Å². The van der Waals surface area contributed by atoms with Crippen molar-refractivity contribution in [3.05, 3.63) is 12.2 Å². The van der Waals surface area contributed by atoms with Crippen LogP contribution in [0.1, 0.15) is 58.3 Å². The standard InChI is InChI=1S/C16H26O6/c1-13(2)16(20)22-12-8-7-11-21-15(19)10-6-4-3-5-9-14(17)18/h1,3-12H2,2H3,(H,17,18). The first-order chi connectivity index (χ1) is 10.4. The van der Waals surface area contributed by atoms with Crippen molar-refractivity contribution in [1.82, 2.24) is 0 Å². The van der Waals surface area contributed by atoms with Gasteiger partial charge in [-0.15, -0.1) is 0 Å². The maximum Gasteiger partial charge on any atom is 0.333 e. The quantitative estimate of drug-likeness (QED) is 0.319. The van der Waals surface area contributed by atoms with E-state index in [9.17, 15) is 14.4 Å². The zero-order chi connectivity index (χ0) is 16.8. The van der Waals surface area contributed by atoms with E-state index in [1.54, 1.807) is 6.92 Å². The molecule has 0 spiro atoms. The van der Waals surface area contributed by atoms with Crippen LogP contribution in [0.3, 0.4) is 0 Å². The average molecular weight is 314 g/mol. The summed E-state index contributed by atoms with van der Waals surface area (Å²) in [6.07, 6.45) is 4.84. The predicted octanol–water partition coefficient (Wildman–Crippen LogP) is 2.85. The molecule has 0 aromatic carbocycles. The second-order valence-corrected chi connectivity index (χ2v) is 5.15. The maximum absolute atomic E-state index is 11.4. The van der Waals surface area contributed by atoms with Crippen LogP contribution in [-0.2, 0) is 23.9 Å². The molecule has 0 heterocycles. The maximum atomic E-state index is 11.4. The summed E-state index contributed by atoms with van der Waals surface area (Å²) in [5.74, 6) is -1.43. The molecule has 6 nitrogen and oxygen atoms in total. The van der Waals surface area contributed by atoms with Crippen molar-refractivity contribution in [2.24, 2.45) is 0 Å². The normalized spacial score (nSPS) is 10.0. The van der Waals surface area contributed by atoms with E-state index in [2.05, 4.69) is 6.58 Å².